The van der Waals surface area contributed by atoms with Crippen molar-refractivity contribution in [1.29, 1.82) is 0 Å². The molecule has 18 heavy (non-hydrogen) atoms. The van der Waals surface area contributed by atoms with Gasteiger partial charge in [0, 0.05) is 19.8 Å². The Labute approximate surface area is 116 Å². The van der Waals surface area contributed by atoms with E-state index in [4.69, 9.17) is 4.74 Å². The van der Waals surface area contributed by atoms with Crippen LogP contribution in [0.15, 0.2) is 0 Å². The monoisotopic (exact) mass is 259 g/mol. The lowest BCUT2D eigenvalue weighted by Crippen LogP contribution is -2.12. The number of nitrogens with zero attached hydrogens (tertiary/aromatic N) is 1. The Kier molecular flexibility index (Phi) is 16.8. The lowest BCUT2D eigenvalue weighted by atomic mass is 10.0. The first-order valence-corrected chi connectivity index (χ1v) is 7.94. The fourth-order valence-corrected chi connectivity index (χ4v) is 1.97. The van der Waals surface area contributed by atoms with Crippen LogP contribution < -0.4 is 0 Å². The molecule has 1 atom stereocenters. The van der Waals surface area contributed by atoms with Crippen molar-refractivity contribution in [3.8, 4) is 0 Å². The fraction of sp³-hybridized carbons (Fsp3) is 1.00. The first-order chi connectivity index (χ1) is 8.68. The van der Waals surface area contributed by atoms with E-state index in [0.29, 0.717) is 0 Å². The lowest BCUT2D eigenvalue weighted by Gasteiger charge is -2.16. The zero-order chi connectivity index (χ0) is 14.4. The Hall–Kier alpha value is -0.0800. The molecule has 2 rings (SSSR count). The summed E-state index contributed by atoms with van der Waals surface area (Å²) < 4.78 is 5.14. The first-order valence-electron chi connectivity index (χ1n) is 7.94. The third-order valence-electron chi connectivity index (χ3n) is 3.14. The van der Waals surface area contributed by atoms with Crippen LogP contribution in [0.25, 0.3) is 0 Å². The number of ether oxygens (including phenoxy) is 1. The molecule has 0 radical (unpaired) electrons. The minimum absolute atomic E-state index is 0.911. The van der Waals surface area contributed by atoms with Gasteiger partial charge in [0.25, 0.3) is 0 Å². The normalized spacial score (nSPS) is 23.8. The second kappa shape index (κ2) is 15.0. The van der Waals surface area contributed by atoms with Crippen LogP contribution in [-0.2, 0) is 4.74 Å². The van der Waals surface area contributed by atoms with Gasteiger partial charge in [-0.05, 0) is 44.7 Å². The van der Waals surface area contributed by atoms with Crippen LogP contribution in [0.1, 0.15) is 60.8 Å². The maximum atomic E-state index is 5.14. The average molecular weight is 259 g/mol. The molecule has 2 fully saturated rings. The van der Waals surface area contributed by atoms with E-state index < -0.39 is 0 Å². The van der Waals surface area contributed by atoms with E-state index in [1.807, 2.05) is 27.7 Å². The van der Waals surface area contributed by atoms with Gasteiger partial charge in [-0.2, -0.15) is 0 Å². The van der Waals surface area contributed by atoms with E-state index in [2.05, 4.69) is 25.8 Å². The molecular formula is C16H37NO. The maximum absolute atomic E-state index is 5.14. The highest BCUT2D eigenvalue weighted by atomic mass is 16.5. The number of hydrogen-bond donors (Lipinski definition) is 0. The summed E-state index contributed by atoms with van der Waals surface area (Å²) in [6.07, 6.45) is 3.93. The van der Waals surface area contributed by atoms with Gasteiger partial charge >= 0.3 is 0 Å². The molecule has 1 unspecified atom stereocenters. The van der Waals surface area contributed by atoms with Crippen LogP contribution in [-0.4, -0.2) is 38.3 Å². The molecule has 0 saturated carbocycles. The Morgan fingerprint density at radius 2 is 1.33 bits per heavy atom. The van der Waals surface area contributed by atoms with Crippen molar-refractivity contribution in [2.75, 3.05) is 33.4 Å². The highest BCUT2D eigenvalue weighted by Crippen LogP contribution is 2.12. The van der Waals surface area contributed by atoms with Gasteiger partial charge in [0.2, 0.25) is 0 Å². The molecule has 0 aromatic rings. The minimum Gasteiger partial charge on any atom is -0.381 e. The van der Waals surface area contributed by atoms with Gasteiger partial charge in [0.15, 0.2) is 0 Å². The van der Waals surface area contributed by atoms with Gasteiger partial charge < -0.3 is 9.64 Å². The predicted molar refractivity (Wildman–Crippen MR) is 83.2 cm³/mol. The summed E-state index contributed by atoms with van der Waals surface area (Å²) in [4.78, 5) is 2.38. The van der Waals surface area contributed by atoms with Gasteiger partial charge in [0.1, 0.15) is 0 Å². The predicted octanol–water partition coefficient (Wildman–Crippen LogP) is 4.44. The molecule has 0 spiro atoms. The average Bonchev–Trinajstić information content (AvgIpc) is 2.80. The highest BCUT2D eigenvalue weighted by Gasteiger charge is 2.13. The molecule has 2 aliphatic rings. The van der Waals surface area contributed by atoms with Crippen LogP contribution in [0.5, 0.6) is 0 Å². The SMILES string of the molecule is CC.CC.CC1CCN(C)C1.CC1CCOCC1. The fourth-order valence-electron chi connectivity index (χ4n) is 1.97. The largest absolute Gasteiger partial charge is 0.381 e. The number of hydrogen-bond acceptors (Lipinski definition) is 2. The Morgan fingerprint density at radius 1 is 0.833 bits per heavy atom. The summed E-state index contributed by atoms with van der Waals surface area (Å²) >= 11 is 0. The summed E-state index contributed by atoms with van der Waals surface area (Å²) in [7, 11) is 2.18. The summed E-state index contributed by atoms with van der Waals surface area (Å²) in [6.45, 7) is 17.2. The van der Waals surface area contributed by atoms with Crippen molar-refractivity contribution in [3.05, 3.63) is 0 Å². The molecular weight excluding hydrogens is 222 g/mol. The Balaban J connectivity index is 0. The van der Waals surface area contributed by atoms with Crippen LogP contribution in [0.4, 0.5) is 0 Å². The molecule has 0 aromatic carbocycles. The first kappa shape index (κ1) is 20.2. The molecule has 0 aromatic heterocycles. The second-order valence-corrected chi connectivity index (χ2v) is 4.95. The molecule has 2 heterocycles. The molecule has 0 bridgehead atoms. The molecule has 0 N–H and O–H groups in total. The molecule has 2 heteroatoms. The van der Waals surface area contributed by atoms with Gasteiger partial charge in [-0.15, -0.1) is 0 Å². The van der Waals surface area contributed by atoms with Crippen molar-refractivity contribution in [3.63, 3.8) is 0 Å². The van der Waals surface area contributed by atoms with Crippen molar-refractivity contribution in [1.82, 2.24) is 4.90 Å². The second-order valence-electron chi connectivity index (χ2n) is 4.95. The summed E-state index contributed by atoms with van der Waals surface area (Å²) in [5.41, 5.74) is 0. The van der Waals surface area contributed by atoms with E-state index in [-0.39, 0.29) is 0 Å². The molecule has 2 aliphatic heterocycles. The van der Waals surface area contributed by atoms with Crippen molar-refractivity contribution >= 4 is 0 Å². The van der Waals surface area contributed by atoms with Crippen LogP contribution in [0.3, 0.4) is 0 Å². The summed E-state index contributed by atoms with van der Waals surface area (Å²) in [5, 5.41) is 0. The molecule has 0 amide bonds. The third kappa shape index (κ3) is 12.4. The lowest BCUT2D eigenvalue weighted by molar-refractivity contribution is 0.0716. The molecule has 2 nitrogen and oxygen atoms in total. The van der Waals surface area contributed by atoms with Crippen LogP contribution >= 0.6 is 0 Å². The van der Waals surface area contributed by atoms with E-state index in [0.717, 1.165) is 25.0 Å². The topological polar surface area (TPSA) is 12.5 Å². The zero-order valence-corrected chi connectivity index (χ0v) is 14.0. The van der Waals surface area contributed by atoms with E-state index in [1.54, 1.807) is 0 Å². The minimum atomic E-state index is 0.911. The Morgan fingerprint density at radius 3 is 1.50 bits per heavy atom. The number of rotatable bonds is 0. The van der Waals surface area contributed by atoms with Crippen molar-refractivity contribution < 1.29 is 4.74 Å². The van der Waals surface area contributed by atoms with E-state index >= 15 is 0 Å². The molecule has 112 valence electrons. The highest BCUT2D eigenvalue weighted by molar-refractivity contribution is 4.67. The maximum Gasteiger partial charge on any atom is 0.0468 e. The third-order valence-corrected chi connectivity index (χ3v) is 3.14. The summed E-state index contributed by atoms with van der Waals surface area (Å²) in [5.74, 6) is 1.86. The molecule has 0 aliphatic carbocycles. The zero-order valence-electron chi connectivity index (χ0n) is 14.0. The standard InChI is InChI=1S/C6H13N.C6H12O.2C2H6/c1-6-3-4-7(2)5-6;1-6-2-4-7-5-3-6;2*1-2/h6H,3-5H2,1-2H3;6H,2-5H2,1H3;2*1-2H3. The summed E-state index contributed by atoms with van der Waals surface area (Å²) in [6, 6.07) is 0. The van der Waals surface area contributed by atoms with E-state index in [9.17, 15) is 0 Å². The van der Waals surface area contributed by atoms with Gasteiger partial charge in [-0.25, -0.2) is 0 Å². The van der Waals surface area contributed by atoms with Gasteiger partial charge in [-0.1, -0.05) is 41.5 Å². The smallest absolute Gasteiger partial charge is 0.0468 e. The van der Waals surface area contributed by atoms with Crippen molar-refractivity contribution in [2.45, 2.75) is 60.8 Å². The van der Waals surface area contributed by atoms with Crippen molar-refractivity contribution in [2.24, 2.45) is 11.8 Å². The van der Waals surface area contributed by atoms with Gasteiger partial charge in [-0.3, -0.25) is 0 Å². The van der Waals surface area contributed by atoms with Gasteiger partial charge in [0.05, 0.1) is 0 Å². The number of likely N-dealkylation sites (tertiary alicyclic amines) is 1. The Bertz CT molecular complexity index is 132. The quantitative estimate of drug-likeness (QED) is 0.637. The molecule has 2 saturated heterocycles. The van der Waals surface area contributed by atoms with Crippen LogP contribution in [0.2, 0.25) is 0 Å². The van der Waals surface area contributed by atoms with Crippen LogP contribution in [0, 0.1) is 11.8 Å². The van der Waals surface area contributed by atoms with E-state index in [1.165, 1.54) is 32.4 Å².